The highest BCUT2D eigenvalue weighted by Crippen LogP contribution is 2.14. The molecule has 0 spiro atoms. The molecule has 1 aliphatic rings. The Morgan fingerprint density at radius 3 is 2.50 bits per heavy atom. The summed E-state index contributed by atoms with van der Waals surface area (Å²) in [5.41, 5.74) is 0. The van der Waals surface area contributed by atoms with Gasteiger partial charge in [-0.05, 0) is 20.5 Å². The monoisotopic (exact) mass is 142 g/mol. The van der Waals surface area contributed by atoms with Crippen molar-refractivity contribution in [1.29, 1.82) is 0 Å². The van der Waals surface area contributed by atoms with Crippen molar-refractivity contribution >= 4 is 5.78 Å². The molecule has 3 nitrogen and oxygen atoms in total. The van der Waals surface area contributed by atoms with Crippen LogP contribution in [0.2, 0.25) is 0 Å². The second-order valence-electron chi connectivity index (χ2n) is 2.67. The molecular formula is C7H14N2O. The Kier molecular flexibility index (Phi) is 2.40. The SMILES string of the molecule is CNC1CCC(=O)C1NC. The molecule has 0 saturated heterocycles. The minimum atomic E-state index is 0.0463. The van der Waals surface area contributed by atoms with Crippen LogP contribution in [0.25, 0.3) is 0 Å². The first-order valence-corrected chi connectivity index (χ1v) is 3.67. The van der Waals surface area contributed by atoms with Crippen molar-refractivity contribution < 1.29 is 4.79 Å². The zero-order chi connectivity index (χ0) is 7.56. The second kappa shape index (κ2) is 3.12. The molecule has 2 atom stereocenters. The van der Waals surface area contributed by atoms with Gasteiger partial charge in [-0.15, -0.1) is 0 Å². The number of hydrogen-bond acceptors (Lipinski definition) is 3. The smallest absolute Gasteiger partial charge is 0.151 e. The van der Waals surface area contributed by atoms with Gasteiger partial charge in [0.05, 0.1) is 6.04 Å². The van der Waals surface area contributed by atoms with Crippen molar-refractivity contribution in [3.8, 4) is 0 Å². The highest BCUT2D eigenvalue weighted by atomic mass is 16.1. The van der Waals surface area contributed by atoms with E-state index < -0.39 is 0 Å². The Bertz CT molecular complexity index is 136. The molecule has 10 heavy (non-hydrogen) atoms. The normalized spacial score (nSPS) is 33.2. The van der Waals surface area contributed by atoms with E-state index in [1.165, 1.54) is 0 Å². The molecule has 0 amide bonds. The first-order valence-electron chi connectivity index (χ1n) is 3.67. The van der Waals surface area contributed by atoms with Crippen LogP contribution in [0, 0.1) is 0 Å². The molecule has 0 aliphatic heterocycles. The van der Waals surface area contributed by atoms with Gasteiger partial charge in [-0.1, -0.05) is 0 Å². The maximum atomic E-state index is 11.1. The molecule has 0 bridgehead atoms. The van der Waals surface area contributed by atoms with Crippen LogP contribution in [0.4, 0.5) is 0 Å². The Labute approximate surface area is 61.2 Å². The molecule has 1 saturated carbocycles. The number of likely N-dealkylation sites (N-methyl/N-ethyl adjacent to an activating group) is 2. The molecule has 1 rings (SSSR count). The molecule has 1 fully saturated rings. The summed E-state index contributed by atoms with van der Waals surface area (Å²) < 4.78 is 0. The Balaban J connectivity index is 2.54. The highest BCUT2D eigenvalue weighted by Gasteiger charge is 2.31. The van der Waals surface area contributed by atoms with E-state index in [1.807, 2.05) is 14.1 Å². The van der Waals surface area contributed by atoms with Crippen LogP contribution in [0.3, 0.4) is 0 Å². The number of ketones is 1. The van der Waals surface area contributed by atoms with Crippen LogP contribution >= 0.6 is 0 Å². The van der Waals surface area contributed by atoms with Crippen LogP contribution in [0.15, 0.2) is 0 Å². The second-order valence-corrected chi connectivity index (χ2v) is 2.67. The van der Waals surface area contributed by atoms with Crippen molar-refractivity contribution in [2.24, 2.45) is 0 Å². The summed E-state index contributed by atoms with van der Waals surface area (Å²) in [5, 5.41) is 6.11. The lowest BCUT2D eigenvalue weighted by Crippen LogP contribution is -2.44. The van der Waals surface area contributed by atoms with Gasteiger partial charge in [0.1, 0.15) is 0 Å². The predicted molar refractivity (Wildman–Crippen MR) is 39.9 cm³/mol. The molecular weight excluding hydrogens is 128 g/mol. The van der Waals surface area contributed by atoms with Gasteiger partial charge >= 0.3 is 0 Å². The maximum absolute atomic E-state index is 11.1. The van der Waals surface area contributed by atoms with Crippen molar-refractivity contribution in [2.75, 3.05) is 14.1 Å². The summed E-state index contributed by atoms with van der Waals surface area (Å²) in [6, 6.07) is 0.391. The molecule has 1 aliphatic carbocycles. The lowest BCUT2D eigenvalue weighted by molar-refractivity contribution is -0.119. The Morgan fingerprint density at radius 1 is 1.40 bits per heavy atom. The third kappa shape index (κ3) is 1.20. The summed E-state index contributed by atoms with van der Waals surface area (Å²) in [7, 11) is 3.73. The van der Waals surface area contributed by atoms with Gasteiger partial charge in [0.2, 0.25) is 0 Å². The molecule has 58 valence electrons. The van der Waals surface area contributed by atoms with Gasteiger partial charge in [-0.2, -0.15) is 0 Å². The molecule has 0 radical (unpaired) electrons. The topological polar surface area (TPSA) is 41.1 Å². The molecule has 0 heterocycles. The molecule has 0 aromatic carbocycles. The van der Waals surface area contributed by atoms with E-state index in [9.17, 15) is 4.79 Å². The molecule has 0 aromatic heterocycles. The lowest BCUT2D eigenvalue weighted by atomic mass is 10.2. The average molecular weight is 142 g/mol. The minimum absolute atomic E-state index is 0.0463. The standard InChI is InChI=1S/C7H14N2O/c1-8-5-3-4-6(10)7(5)9-2/h5,7-9H,3-4H2,1-2H3. The number of carbonyl (C=O) groups excluding carboxylic acids is 1. The quantitative estimate of drug-likeness (QED) is 0.547. The summed E-state index contributed by atoms with van der Waals surface area (Å²) in [6.45, 7) is 0. The van der Waals surface area contributed by atoms with Gasteiger partial charge in [0.25, 0.3) is 0 Å². The van der Waals surface area contributed by atoms with E-state index >= 15 is 0 Å². The fourth-order valence-electron chi connectivity index (χ4n) is 1.52. The molecule has 2 N–H and O–H groups in total. The van der Waals surface area contributed by atoms with Gasteiger partial charge in [0.15, 0.2) is 5.78 Å². The van der Waals surface area contributed by atoms with Crippen molar-refractivity contribution in [2.45, 2.75) is 24.9 Å². The van der Waals surface area contributed by atoms with Crippen LogP contribution in [-0.2, 0) is 4.79 Å². The van der Waals surface area contributed by atoms with E-state index in [0.717, 1.165) is 12.8 Å². The summed E-state index contributed by atoms with van der Waals surface area (Å²) in [6.07, 6.45) is 1.69. The third-order valence-electron chi connectivity index (χ3n) is 2.13. The van der Waals surface area contributed by atoms with Crippen molar-refractivity contribution in [3.63, 3.8) is 0 Å². The summed E-state index contributed by atoms with van der Waals surface area (Å²) >= 11 is 0. The molecule has 2 unspecified atom stereocenters. The highest BCUT2D eigenvalue weighted by molar-refractivity contribution is 5.87. The number of rotatable bonds is 2. The van der Waals surface area contributed by atoms with Gasteiger partial charge in [0, 0.05) is 12.5 Å². The fraction of sp³-hybridized carbons (Fsp3) is 0.857. The summed E-state index contributed by atoms with van der Waals surface area (Å²) in [5.74, 6) is 0.335. The lowest BCUT2D eigenvalue weighted by Gasteiger charge is -2.15. The Hall–Kier alpha value is -0.410. The fourth-order valence-corrected chi connectivity index (χ4v) is 1.52. The number of Topliss-reactive ketones (excluding diaryl/α,β-unsaturated/α-hetero) is 1. The van der Waals surface area contributed by atoms with Gasteiger partial charge < -0.3 is 10.6 Å². The van der Waals surface area contributed by atoms with E-state index in [1.54, 1.807) is 0 Å². The third-order valence-corrected chi connectivity index (χ3v) is 2.13. The van der Waals surface area contributed by atoms with Gasteiger partial charge in [-0.3, -0.25) is 4.79 Å². The zero-order valence-electron chi connectivity index (χ0n) is 6.48. The zero-order valence-corrected chi connectivity index (χ0v) is 6.48. The van der Waals surface area contributed by atoms with Crippen LogP contribution in [0.5, 0.6) is 0 Å². The first kappa shape index (κ1) is 7.69. The first-order chi connectivity index (χ1) is 4.79. The molecule has 3 heteroatoms. The van der Waals surface area contributed by atoms with Crippen LogP contribution in [-0.4, -0.2) is 32.0 Å². The van der Waals surface area contributed by atoms with Crippen molar-refractivity contribution in [1.82, 2.24) is 10.6 Å². The number of carbonyl (C=O) groups is 1. The number of hydrogen-bond donors (Lipinski definition) is 2. The Morgan fingerprint density at radius 2 is 2.10 bits per heavy atom. The van der Waals surface area contributed by atoms with Gasteiger partial charge in [-0.25, -0.2) is 0 Å². The maximum Gasteiger partial charge on any atom is 0.151 e. The van der Waals surface area contributed by atoms with E-state index in [4.69, 9.17) is 0 Å². The number of nitrogens with one attached hydrogen (secondary N) is 2. The summed E-state index contributed by atoms with van der Waals surface area (Å²) in [4.78, 5) is 11.1. The van der Waals surface area contributed by atoms with E-state index in [0.29, 0.717) is 11.8 Å². The van der Waals surface area contributed by atoms with Crippen LogP contribution < -0.4 is 10.6 Å². The van der Waals surface area contributed by atoms with Crippen molar-refractivity contribution in [3.05, 3.63) is 0 Å². The van der Waals surface area contributed by atoms with Crippen LogP contribution in [0.1, 0.15) is 12.8 Å². The van der Waals surface area contributed by atoms with E-state index in [2.05, 4.69) is 10.6 Å². The minimum Gasteiger partial charge on any atom is -0.315 e. The predicted octanol–water partition coefficient (Wildman–Crippen LogP) is -0.475. The average Bonchev–Trinajstić information content (AvgIpc) is 2.30. The van der Waals surface area contributed by atoms with E-state index in [-0.39, 0.29) is 6.04 Å². The largest absolute Gasteiger partial charge is 0.315 e. The molecule has 0 aromatic rings.